The van der Waals surface area contributed by atoms with Crippen molar-refractivity contribution in [3.05, 3.63) is 46.7 Å². The number of benzene rings is 1. The maximum atomic E-state index is 11.9. The molecule has 0 aliphatic carbocycles. The van der Waals surface area contributed by atoms with E-state index >= 15 is 0 Å². The van der Waals surface area contributed by atoms with Gasteiger partial charge in [-0.3, -0.25) is 8.89 Å². The van der Waals surface area contributed by atoms with Crippen molar-refractivity contribution >= 4 is 28.4 Å². The van der Waals surface area contributed by atoms with E-state index in [2.05, 4.69) is 10.3 Å². The van der Waals surface area contributed by atoms with Crippen LogP contribution in [0.4, 0.5) is 0 Å². The van der Waals surface area contributed by atoms with E-state index < -0.39 is 16.8 Å². The van der Waals surface area contributed by atoms with Crippen LogP contribution in [0.1, 0.15) is 16.1 Å². The SMILES string of the molecule is O=C(O)c1cn(CCS(=O)Cc2ccc(Cl)cc2)nn1. The fourth-order valence-electron chi connectivity index (χ4n) is 1.54. The molecule has 2 rings (SSSR count). The summed E-state index contributed by atoms with van der Waals surface area (Å²) in [6.45, 7) is 0.362. The molecular weight excluding hydrogens is 302 g/mol. The number of carboxylic acid groups (broad SMARTS) is 1. The quantitative estimate of drug-likeness (QED) is 0.875. The molecule has 0 spiro atoms. The molecule has 0 aliphatic rings. The molecule has 1 unspecified atom stereocenters. The molecule has 1 aromatic carbocycles. The second kappa shape index (κ2) is 6.62. The monoisotopic (exact) mass is 313 g/mol. The van der Waals surface area contributed by atoms with Crippen molar-refractivity contribution in [1.82, 2.24) is 15.0 Å². The van der Waals surface area contributed by atoms with Gasteiger partial charge >= 0.3 is 5.97 Å². The van der Waals surface area contributed by atoms with Crippen LogP contribution in [0.5, 0.6) is 0 Å². The number of nitrogens with zero attached hydrogens (tertiary/aromatic N) is 3. The topological polar surface area (TPSA) is 85.1 Å². The summed E-state index contributed by atoms with van der Waals surface area (Å²) in [5.41, 5.74) is 0.825. The molecule has 0 saturated carbocycles. The second-order valence-electron chi connectivity index (χ2n) is 4.09. The average molecular weight is 314 g/mol. The summed E-state index contributed by atoms with van der Waals surface area (Å²) in [4.78, 5) is 10.6. The number of aromatic nitrogens is 3. The van der Waals surface area contributed by atoms with Gasteiger partial charge in [-0.05, 0) is 17.7 Å². The molecule has 1 atom stereocenters. The van der Waals surface area contributed by atoms with E-state index in [1.54, 1.807) is 12.1 Å². The van der Waals surface area contributed by atoms with Gasteiger partial charge in [-0.2, -0.15) is 0 Å². The van der Waals surface area contributed by atoms with Crippen molar-refractivity contribution in [3.8, 4) is 0 Å². The number of rotatable bonds is 6. The maximum Gasteiger partial charge on any atom is 0.358 e. The van der Waals surface area contributed by atoms with Crippen LogP contribution < -0.4 is 0 Å². The second-order valence-corrected chi connectivity index (χ2v) is 6.10. The molecule has 0 fully saturated rings. The van der Waals surface area contributed by atoms with Crippen molar-refractivity contribution in [2.24, 2.45) is 0 Å². The first-order valence-corrected chi connectivity index (χ1v) is 7.64. The summed E-state index contributed by atoms with van der Waals surface area (Å²) < 4.78 is 13.3. The van der Waals surface area contributed by atoms with Crippen LogP contribution in [0.15, 0.2) is 30.5 Å². The number of carbonyl (C=O) groups is 1. The van der Waals surface area contributed by atoms with Crippen LogP contribution in [0.25, 0.3) is 0 Å². The molecule has 0 saturated heterocycles. The van der Waals surface area contributed by atoms with Gasteiger partial charge in [0.1, 0.15) is 0 Å². The Morgan fingerprint density at radius 2 is 2.05 bits per heavy atom. The molecule has 2 aromatic rings. The average Bonchev–Trinajstić information content (AvgIpc) is 2.88. The summed E-state index contributed by atoms with van der Waals surface area (Å²) in [5, 5.41) is 16.5. The van der Waals surface area contributed by atoms with Gasteiger partial charge in [0.25, 0.3) is 0 Å². The number of hydrogen-bond donors (Lipinski definition) is 1. The minimum absolute atomic E-state index is 0.117. The lowest BCUT2D eigenvalue weighted by atomic mass is 10.2. The highest BCUT2D eigenvalue weighted by atomic mass is 35.5. The molecule has 1 heterocycles. The van der Waals surface area contributed by atoms with Crippen LogP contribution in [-0.4, -0.2) is 36.0 Å². The van der Waals surface area contributed by atoms with Gasteiger partial charge in [0, 0.05) is 27.3 Å². The van der Waals surface area contributed by atoms with Gasteiger partial charge in [0.05, 0.1) is 12.7 Å². The third-order valence-electron chi connectivity index (χ3n) is 2.55. The highest BCUT2D eigenvalue weighted by Gasteiger charge is 2.09. The third-order valence-corrected chi connectivity index (χ3v) is 4.09. The van der Waals surface area contributed by atoms with Crippen LogP contribution in [0.2, 0.25) is 5.02 Å². The standard InChI is InChI=1S/C12H12ClN3O3S/c13-10-3-1-9(2-4-10)8-20(19)6-5-16-7-11(12(17)18)14-15-16/h1-4,7H,5-6,8H2,(H,17,18). The van der Waals surface area contributed by atoms with Crippen LogP contribution in [0.3, 0.4) is 0 Å². The molecule has 6 nitrogen and oxygen atoms in total. The largest absolute Gasteiger partial charge is 0.476 e. The molecular formula is C12H12ClN3O3S. The summed E-state index contributed by atoms with van der Waals surface area (Å²) in [6, 6.07) is 7.17. The highest BCUT2D eigenvalue weighted by molar-refractivity contribution is 7.84. The zero-order valence-electron chi connectivity index (χ0n) is 10.4. The molecule has 0 radical (unpaired) electrons. The van der Waals surface area contributed by atoms with Crippen LogP contribution >= 0.6 is 11.6 Å². The van der Waals surface area contributed by atoms with Crippen LogP contribution in [-0.2, 0) is 23.1 Å². The number of hydrogen-bond acceptors (Lipinski definition) is 4. The first-order chi connectivity index (χ1) is 9.54. The first kappa shape index (κ1) is 14.7. The first-order valence-electron chi connectivity index (χ1n) is 5.77. The van der Waals surface area contributed by atoms with Crippen molar-refractivity contribution in [2.45, 2.75) is 12.3 Å². The van der Waals surface area contributed by atoms with E-state index in [9.17, 15) is 9.00 Å². The zero-order valence-corrected chi connectivity index (χ0v) is 12.0. The minimum Gasteiger partial charge on any atom is -0.476 e. The Hall–Kier alpha value is -1.73. The molecule has 106 valence electrons. The Morgan fingerprint density at radius 3 is 2.65 bits per heavy atom. The van der Waals surface area contributed by atoms with Gasteiger partial charge in [0.15, 0.2) is 5.69 Å². The number of aryl methyl sites for hydroxylation is 1. The summed E-state index contributed by atoms with van der Waals surface area (Å²) in [5.74, 6) is -0.318. The molecule has 0 amide bonds. The van der Waals surface area contributed by atoms with Gasteiger partial charge in [0.2, 0.25) is 0 Å². The Labute approximate surface area is 122 Å². The van der Waals surface area contributed by atoms with E-state index in [1.165, 1.54) is 10.9 Å². The van der Waals surface area contributed by atoms with Crippen molar-refractivity contribution in [2.75, 3.05) is 5.75 Å². The zero-order chi connectivity index (χ0) is 14.5. The van der Waals surface area contributed by atoms with Gasteiger partial charge in [-0.1, -0.05) is 28.9 Å². The minimum atomic E-state index is -1.13. The fraction of sp³-hybridized carbons (Fsp3) is 0.250. The smallest absolute Gasteiger partial charge is 0.358 e. The molecule has 1 N–H and O–H groups in total. The Kier molecular flexibility index (Phi) is 4.86. The normalized spacial score (nSPS) is 12.2. The van der Waals surface area contributed by atoms with Crippen molar-refractivity contribution in [1.29, 1.82) is 0 Å². The fourth-order valence-corrected chi connectivity index (χ4v) is 2.76. The number of halogens is 1. The molecule has 1 aromatic heterocycles. The maximum absolute atomic E-state index is 11.9. The predicted molar refractivity (Wildman–Crippen MR) is 75.1 cm³/mol. The Bertz CT molecular complexity index is 627. The van der Waals surface area contributed by atoms with Gasteiger partial charge in [-0.25, -0.2) is 4.79 Å². The van der Waals surface area contributed by atoms with E-state index in [0.717, 1.165) is 5.56 Å². The summed E-state index contributed by atoms with van der Waals surface area (Å²) in [6.07, 6.45) is 1.32. The van der Waals surface area contributed by atoms with Gasteiger partial charge < -0.3 is 5.11 Å². The number of carboxylic acids is 1. The molecule has 20 heavy (non-hydrogen) atoms. The van der Waals surface area contributed by atoms with Crippen molar-refractivity contribution in [3.63, 3.8) is 0 Å². The predicted octanol–water partition coefficient (Wildman–Crippen LogP) is 1.58. The van der Waals surface area contributed by atoms with E-state index in [4.69, 9.17) is 16.7 Å². The number of aromatic carboxylic acids is 1. The molecule has 0 bridgehead atoms. The summed E-state index contributed by atoms with van der Waals surface area (Å²) >= 11 is 5.77. The van der Waals surface area contributed by atoms with Gasteiger partial charge in [-0.15, -0.1) is 5.10 Å². The van der Waals surface area contributed by atoms with E-state index in [-0.39, 0.29) is 5.69 Å². The highest BCUT2D eigenvalue weighted by Crippen LogP contribution is 2.11. The lowest BCUT2D eigenvalue weighted by molar-refractivity contribution is 0.0690. The Morgan fingerprint density at radius 1 is 1.35 bits per heavy atom. The lowest BCUT2D eigenvalue weighted by Gasteiger charge is -2.03. The molecule has 8 heteroatoms. The molecule has 0 aliphatic heterocycles. The third kappa shape index (κ3) is 4.14. The summed E-state index contributed by atoms with van der Waals surface area (Å²) in [7, 11) is -1.06. The van der Waals surface area contributed by atoms with E-state index in [0.29, 0.717) is 23.1 Å². The lowest BCUT2D eigenvalue weighted by Crippen LogP contribution is -2.09. The van der Waals surface area contributed by atoms with E-state index in [1.807, 2.05) is 12.1 Å². The van der Waals surface area contributed by atoms with Crippen LogP contribution in [0, 0.1) is 0 Å². The Balaban J connectivity index is 1.85. The van der Waals surface area contributed by atoms with Crippen molar-refractivity contribution < 1.29 is 14.1 Å².